The van der Waals surface area contributed by atoms with E-state index in [0.29, 0.717) is 5.56 Å². The second-order valence-electron chi connectivity index (χ2n) is 5.47. The molecule has 0 atom stereocenters. The molecule has 3 nitrogen and oxygen atoms in total. The van der Waals surface area contributed by atoms with E-state index in [4.69, 9.17) is 11.6 Å². The summed E-state index contributed by atoms with van der Waals surface area (Å²) in [5.41, 5.74) is -0.580. The number of carbonyl (C=O) groups excluding carboxylic acids is 2. The number of hydrogen-bond donors (Lipinski definition) is 0. The quantitative estimate of drug-likeness (QED) is 0.624. The molecule has 0 unspecified atom stereocenters. The Morgan fingerprint density at radius 2 is 1.88 bits per heavy atom. The van der Waals surface area contributed by atoms with E-state index in [9.17, 15) is 22.8 Å². The van der Waals surface area contributed by atoms with Gasteiger partial charge in [0.25, 0.3) is 0 Å². The number of ketones is 1. The minimum Gasteiger partial charge on any atom is -0.288 e. The molecule has 0 bridgehead atoms. The van der Waals surface area contributed by atoms with Gasteiger partial charge in [0.1, 0.15) is 0 Å². The molecule has 0 N–H and O–H groups in total. The number of hydrogen-bond acceptors (Lipinski definition) is 3. The zero-order valence-electron chi connectivity index (χ0n) is 13.3. The number of benzene rings is 2. The van der Waals surface area contributed by atoms with Gasteiger partial charge in [-0.3, -0.25) is 14.5 Å². The lowest BCUT2D eigenvalue weighted by atomic mass is 10.1. The largest absolute Gasteiger partial charge is 0.416 e. The van der Waals surface area contributed by atoms with E-state index in [-0.39, 0.29) is 21.4 Å². The van der Waals surface area contributed by atoms with Crippen LogP contribution in [-0.2, 0) is 11.0 Å². The van der Waals surface area contributed by atoms with E-state index in [1.165, 1.54) is 13.1 Å². The normalized spacial score (nSPS) is 15.3. The molecule has 1 amide bonds. The van der Waals surface area contributed by atoms with E-state index in [2.05, 4.69) is 0 Å². The average molecular weight is 398 g/mol. The number of fused-ring (bicyclic) bond motifs is 1. The molecule has 0 saturated heterocycles. The Bertz CT molecular complexity index is 940. The van der Waals surface area contributed by atoms with Gasteiger partial charge >= 0.3 is 6.18 Å². The van der Waals surface area contributed by atoms with Crippen LogP contribution in [0.2, 0.25) is 5.02 Å². The Morgan fingerprint density at radius 3 is 2.50 bits per heavy atom. The second kappa shape index (κ2) is 6.81. The maximum absolute atomic E-state index is 13.0. The molecule has 1 aliphatic rings. The highest BCUT2D eigenvalue weighted by molar-refractivity contribution is 8.04. The van der Waals surface area contributed by atoms with Crippen LogP contribution < -0.4 is 4.90 Å². The smallest absolute Gasteiger partial charge is 0.288 e. The number of amides is 1. The number of Topliss-reactive ketones (excluding diaryl/α,β-unsaturated/α-hetero) is 1. The SMILES string of the molecule is CC(=O)N(C=C1Sc2ccccc2C1=O)c1cc(C(F)(F)F)ccc1Cl. The molecule has 0 aromatic heterocycles. The van der Waals surface area contributed by atoms with Gasteiger partial charge in [0.2, 0.25) is 11.7 Å². The van der Waals surface area contributed by atoms with Crippen LogP contribution in [0.15, 0.2) is 58.5 Å². The van der Waals surface area contributed by atoms with Crippen LogP contribution in [0.5, 0.6) is 0 Å². The van der Waals surface area contributed by atoms with Gasteiger partial charge in [-0.25, -0.2) is 0 Å². The van der Waals surface area contributed by atoms with Crippen molar-refractivity contribution in [1.82, 2.24) is 0 Å². The highest BCUT2D eigenvalue weighted by Crippen LogP contribution is 2.41. The maximum Gasteiger partial charge on any atom is 0.416 e. The Kier molecular flexibility index (Phi) is 4.86. The minimum atomic E-state index is -4.58. The molecule has 2 aromatic carbocycles. The molecule has 26 heavy (non-hydrogen) atoms. The lowest BCUT2D eigenvalue weighted by molar-refractivity contribution is -0.137. The van der Waals surface area contributed by atoms with Crippen molar-refractivity contribution in [3.8, 4) is 0 Å². The molecular weight excluding hydrogens is 387 g/mol. The topological polar surface area (TPSA) is 37.4 Å². The number of allylic oxidation sites excluding steroid dienone is 1. The van der Waals surface area contributed by atoms with Crippen LogP contribution in [-0.4, -0.2) is 11.7 Å². The molecule has 0 fully saturated rings. The van der Waals surface area contributed by atoms with E-state index < -0.39 is 17.6 Å². The molecule has 2 aromatic rings. The number of rotatable bonds is 2. The summed E-state index contributed by atoms with van der Waals surface area (Å²) >= 11 is 7.17. The van der Waals surface area contributed by atoms with E-state index in [1.807, 2.05) is 0 Å². The lowest BCUT2D eigenvalue weighted by Crippen LogP contribution is -2.24. The molecule has 3 rings (SSSR count). The van der Waals surface area contributed by atoms with Crippen LogP contribution in [0.4, 0.5) is 18.9 Å². The van der Waals surface area contributed by atoms with Crippen LogP contribution in [0.1, 0.15) is 22.8 Å². The third kappa shape index (κ3) is 3.50. The number of nitrogens with zero attached hydrogens (tertiary/aromatic N) is 1. The summed E-state index contributed by atoms with van der Waals surface area (Å²) in [7, 11) is 0. The van der Waals surface area contributed by atoms with E-state index in [0.717, 1.165) is 39.8 Å². The van der Waals surface area contributed by atoms with Crippen LogP contribution in [0, 0.1) is 0 Å². The summed E-state index contributed by atoms with van der Waals surface area (Å²) in [5, 5.41) is -0.0296. The first-order valence-electron chi connectivity index (χ1n) is 7.38. The first-order valence-corrected chi connectivity index (χ1v) is 8.58. The van der Waals surface area contributed by atoms with Crippen molar-refractivity contribution >= 4 is 40.7 Å². The second-order valence-corrected chi connectivity index (χ2v) is 6.96. The highest BCUT2D eigenvalue weighted by atomic mass is 35.5. The summed E-state index contributed by atoms with van der Waals surface area (Å²) in [6.07, 6.45) is -3.35. The summed E-state index contributed by atoms with van der Waals surface area (Å²) < 4.78 is 39.0. The predicted molar refractivity (Wildman–Crippen MR) is 94.3 cm³/mol. The van der Waals surface area contributed by atoms with E-state index >= 15 is 0 Å². The molecule has 134 valence electrons. The zero-order chi connectivity index (χ0) is 19.1. The molecular formula is C18H11ClF3NO2S. The third-order valence-electron chi connectivity index (χ3n) is 3.69. The van der Waals surface area contributed by atoms with Gasteiger partial charge in [-0.15, -0.1) is 0 Å². The fourth-order valence-corrected chi connectivity index (χ4v) is 3.67. The maximum atomic E-state index is 13.0. The minimum absolute atomic E-state index is 0.0296. The molecule has 8 heteroatoms. The summed E-state index contributed by atoms with van der Waals surface area (Å²) in [5.74, 6) is -0.858. The Hall–Kier alpha value is -2.25. The third-order valence-corrected chi connectivity index (χ3v) is 5.10. The Balaban J connectivity index is 2.05. The summed E-state index contributed by atoms with van der Waals surface area (Å²) in [6, 6.07) is 9.60. The van der Waals surface area contributed by atoms with Crippen molar-refractivity contribution in [3.63, 3.8) is 0 Å². The van der Waals surface area contributed by atoms with Crippen molar-refractivity contribution < 1.29 is 22.8 Å². The molecule has 0 spiro atoms. The summed E-state index contributed by atoms with van der Waals surface area (Å²) in [6.45, 7) is 1.19. The van der Waals surface area contributed by atoms with E-state index in [1.54, 1.807) is 24.3 Å². The van der Waals surface area contributed by atoms with Crippen molar-refractivity contribution in [2.75, 3.05) is 4.90 Å². The highest BCUT2D eigenvalue weighted by Gasteiger charge is 2.32. The molecule has 0 aliphatic carbocycles. The van der Waals surface area contributed by atoms with Crippen LogP contribution >= 0.6 is 23.4 Å². The Morgan fingerprint density at radius 1 is 1.19 bits per heavy atom. The van der Waals surface area contributed by atoms with Crippen molar-refractivity contribution in [2.45, 2.75) is 18.0 Å². The van der Waals surface area contributed by atoms with Crippen molar-refractivity contribution in [1.29, 1.82) is 0 Å². The van der Waals surface area contributed by atoms with Gasteiger partial charge < -0.3 is 0 Å². The van der Waals surface area contributed by atoms with Gasteiger partial charge in [0, 0.05) is 23.6 Å². The fourth-order valence-electron chi connectivity index (χ4n) is 2.45. The number of carbonyl (C=O) groups is 2. The van der Waals surface area contributed by atoms with Gasteiger partial charge in [-0.05, 0) is 30.3 Å². The first kappa shape index (κ1) is 18.5. The van der Waals surface area contributed by atoms with Crippen LogP contribution in [0.25, 0.3) is 0 Å². The number of halogens is 4. The predicted octanol–water partition coefficient (Wildman–Crippen LogP) is 5.54. The summed E-state index contributed by atoms with van der Waals surface area (Å²) in [4.78, 5) is 26.4. The molecule has 0 saturated carbocycles. The standard InChI is InChI=1S/C18H11ClF3NO2S/c1-10(24)23(14-8-11(18(20,21)22)6-7-13(14)19)9-16-17(25)12-4-2-3-5-15(12)26-16/h2-9H,1H3. The van der Waals surface area contributed by atoms with Gasteiger partial charge in [0.05, 0.1) is 21.2 Å². The van der Waals surface area contributed by atoms with Gasteiger partial charge in [-0.2, -0.15) is 13.2 Å². The average Bonchev–Trinajstić information content (AvgIpc) is 2.88. The number of thioether (sulfide) groups is 1. The van der Waals surface area contributed by atoms with Gasteiger partial charge in [-0.1, -0.05) is 35.5 Å². The zero-order valence-corrected chi connectivity index (χ0v) is 14.9. The number of anilines is 1. The molecule has 1 heterocycles. The number of alkyl halides is 3. The van der Waals surface area contributed by atoms with Crippen molar-refractivity contribution in [2.24, 2.45) is 0 Å². The van der Waals surface area contributed by atoms with Gasteiger partial charge in [0.15, 0.2) is 0 Å². The van der Waals surface area contributed by atoms with Crippen LogP contribution in [0.3, 0.4) is 0 Å². The molecule has 0 radical (unpaired) electrons. The first-order chi connectivity index (χ1) is 12.2. The van der Waals surface area contributed by atoms with Crippen molar-refractivity contribution in [3.05, 3.63) is 69.7 Å². The Labute approximate surface area is 156 Å². The fraction of sp³-hybridized carbons (Fsp3) is 0.111. The lowest BCUT2D eigenvalue weighted by Gasteiger charge is -2.20. The molecule has 1 aliphatic heterocycles. The monoisotopic (exact) mass is 397 g/mol.